The fourth-order valence-corrected chi connectivity index (χ4v) is 4.17. The van der Waals surface area contributed by atoms with Gasteiger partial charge < -0.3 is 15.3 Å². The average Bonchev–Trinajstić information content (AvgIpc) is 2.72. The van der Waals surface area contributed by atoms with Crippen molar-refractivity contribution in [3.8, 4) is 0 Å². The fourth-order valence-electron chi connectivity index (χ4n) is 4.05. The highest BCUT2D eigenvalue weighted by Gasteiger charge is 2.32. The first-order chi connectivity index (χ1) is 14.4. The summed E-state index contributed by atoms with van der Waals surface area (Å²) in [7, 11) is 0. The monoisotopic (exact) mass is 432 g/mol. The summed E-state index contributed by atoms with van der Waals surface area (Å²) in [5, 5.41) is 14.7. The molecule has 4 nitrogen and oxygen atoms in total. The minimum absolute atomic E-state index is 0.0298. The molecule has 1 aliphatic heterocycles. The molecule has 1 fully saturated rings. The Balaban J connectivity index is 1.45. The van der Waals surface area contributed by atoms with E-state index < -0.39 is 5.60 Å². The maximum Gasteiger partial charge on any atom is 0.165 e. The number of likely N-dealkylation sites (tertiary alicyclic amines) is 1. The van der Waals surface area contributed by atoms with Gasteiger partial charge >= 0.3 is 0 Å². The lowest BCUT2D eigenvalue weighted by atomic mass is 9.85. The molecule has 1 saturated heterocycles. The highest BCUT2D eigenvalue weighted by Crippen LogP contribution is 2.27. The highest BCUT2D eigenvalue weighted by molar-refractivity contribution is 6.30. The number of carbonyl (C=O) groups is 1. The number of aliphatic hydroxyl groups is 1. The molecule has 2 aromatic carbocycles. The maximum absolute atomic E-state index is 13.5. The van der Waals surface area contributed by atoms with Crippen LogP contribution in [0.3, 0.4) is 0 Å². The molecule has 0 aliphatic carbocycles. The van der Waals surface area contributed by atoms with Gasteiger partial charge in [-0.2, -0.15) is 0 Å². The first-order valence-corrected chi connectivity index (χ1v) is 11.0. The average molecular weight is 433 g/mol. The van der Waals surface area contributed by atoms with E-state index in [-0.39, 0.29) is 11.6 Å². The van der Waals surface area contributed by atoms with Gasteiger partial charge in [0.2, 0.25) is 0 Å². The van der Waals surface area contributed by atoms with Gasteiger partial charge in [-0.25, -0.2) is 4.39 Å². The lowest BCUT2D eigenvalue weighted by molar-refractivity contribution is -0.0207. The van der Waals surface area contributed by atoms with E-state index in [1.807, 2.05) is 31.2 Å². The molecule has 1 aliphatic rings. The predicted octanol–water partition coefficient (Wildman–Crippen LogP) is 4.94. The number of piperidine rings is 1. The maximum atomic E-state index is 13.5. The van der Waals surface area contributed by atoms with E-state index in [2.05, 4.69) is 10.2 Å². The first-order valence-electron chi connectivity index (χ1n) is 10.6. The molecule has 0 atom stereocenters. The van der Waals surface area contributed by atoms with Crippen LogP contribution in [0.25, 0.3) is 0 Å². The number of nitrogens with one attached hydrogen (secondary N) is 1. The second-order valence-corrected chi connectivity index (χ2v) is 8.55. The molecule has 3 rings (SSSR count). The number of carbonyl (C=O) groups excluding carboxylic acids is 1. The van der Waals surface area contributed by atoms with Crippen LogP contribution in [-0.2, 0) is 6.42 Å². The van der Waals surface area contributed by atoms with Crippen molar-refractivity contribution in [1.29, 1.82) is 0 Å². The van der Waals surface area contributed by atoms with Crippen LogP contribution in [0.2, 0.25) is 5.02 Å². The minimum atomic E-state index is -0.686. The third-order valence-corrected chi connectivity index (χ3v) is 6.01. The van der Waals surface area contributed by atoms with Crippen LogP contribution < -0.4 is 5.32 Å². The normalized spacial score (nSPS) is 16.4. The molecule has 2 aromatic rings. The number of benzene rings is 2. The zero-order valence-corrected chi connectivity index (χ0v) is 18.2. The number of halogens is 2. The van der Waals surface area contributed by atoms with Gasteiger partial charge in [-0.3, -0.25) is 4.79 Å². The molecular formula is C24H30ClFN2O2. The molecular weight excluding hydrogens is 403 g/mol. The second kappa shape index (κ2) is 10.4. The van der Waals surface area contributed by atoms with Crippen molar-refractivity contribution in [3.63, 3.8) is 0 Å². The van der Waals surface area contributed by atoms with E-state index in [4.69, 9.17) is 11.6 Å². The standard InChI is InChI=1S/C24H30ClFN2O2/c1-2-27-22-16-20(26)9-10-21(22)23(29)4-3-13-28-14-11-24(30,12-15-28)17-18-5-7-19(25)8-6-18/h5-10,16,27,30H,2-4,11-15,17H2,1H3. The molecule has 0 saturated carbocycles. The summed E-state index contributed by atoms with van der Waals surface area (Å²) in [6.07, 6.45) is 3.24. The summed E-state index contributed by atoms with van der Waals surface area (Å²) in [5.41, 5.74) is 1.52. The van der Waals surface area contributed by atoms with Gasteiger partial charge in [0.25, 0.3) is 0 Å². The van der Waals surface area contributed by atoms with E-state index in [1.54, 1.807) is 6.07 Å². The zero-order valence-electron chi connectivity index (χ0n) is 17.5. The molecule has 30 heavy (non-hydrogen) atoms. The van der Waals surface area contributed by atoms with Crippen molar-refractivity contribution in [2.75, 3.05) is 31.5 Å². The van der Waals surface area contributed by atoms with Gasteiger partial charge in [0.15, 0.2) is 5.78 Å². The van der Waals surface area contributed by atoms with E-state index in [0.717, 1.165) is 31.6 Å². The van der Waals surface area contributed by atoms with Gasteiger partial charge in [-0.1, -0.05) is 23.7 Å². The van der Waals surface area contributed by atoms with Gasteiger partial charge in [0.1, 0.15) is 5.82 Å². The summed E-state index contributed by atoms with van der Waals surface area (Å²) in [4.78, 5) is 14.9. The molecule has 2 N–H and O–H groups in total. The molecule has 0 unspecified atom stereocenters. The van der Waals surface area contributed by atoms with E-state index in [9.17, 15) is 14.3 Å². The summed E-state index contributed by atoms with van der Waals surface area (Å²) in [5.74, 6) is -0.316. The number of hydrogen-bond donors (Lipinski definition) is 2. The van der Waals surface area contributed by atoms with Crippen LogP contribution in [-0.4, -0.2) is 47.6 Å². The number of nitrogens with zero attached hydrogens (tertiary/aromatic N) is 1. The fraction of sp³-hybridized carbons (Fsp3) is 0.458. The molecule has 0 radical (unpaired) electrons. The Morgan fingerprint density at radius 2 is 1.90 bits per heavy atom. The third-order valence-electron chi connectivity index (χ3n) is 5.76. The van der Waals surface area contributed by atoms with Gasteiger partial charge in [0.05, 0.1) is 5.60 Å². The van der Waals surface area contributed by atoms with Gasteiger partial charge in [0, 0.05) is 48.7 Å². The van der Waals surface area contributed by atoms with Crippen molar-refractivity contribution in [3.05, 3.63) is 64.4 Å². The van der Waals surface area contributed by atoms with Gasteiger partial charge in [-0.15, -0.1) is 0 Å². The number of Topliss-reactive ketones (excluding diaryl/α,β-unsaturated/α-hetero) is 1. The summed E-state index contributed by atoms with van der Waals surface area (Å²) >= 11 is 5.94. The molecule has 0 spiro atoms. The Bertz CT molecular complexity index is 849. The van der Waals surface area contributed by atoms with E-state index in [1.165, 1.54) is 12.1 Å². The van der Waals surface area contributed by atoms with Crippen molar-refractivity contribution >= 4 is 23.1 Å². The zero-order chi connectivity index (χ0) is 21.6. The van der Waals surface area contributed by atoms with Crippen LogP contribution in [0.5, 0.6) is 0 Å². The minimum Gasteiger partial charge on any atom is -0.389 e. The molecule has 1 heterocycles. The summed E-state index contributed by atoms with van der Waals surface area (Å²) in [6, 6.07) is 11.9. The van der Waals surface area contributed by atoms with Crippen LogP contribution >= 0.6 is 11.6 Å². The molecule has 0 amide bonds. The van der Waals surface area contributed by atoms with Crippen molar-refractivity contribution < 1.29 is 14.3 Å². The van der Waals surface area contributed by atoms with Crippen LogP contribution in [0.15, 0.2) is 42.5 Å². The van der Waals surface area contributed by atoms with Crippen LogP contribution in [0.1, 0.15) is 48.5 Å². The van der Waals surface area contributed by atoms with Gasteiger partial charge in [-0.05, 0) is 68.6 Å². The number of anilines is 1. The molecule has 0 bridgehead atoms. The van der Waals surface area contributed by atoms with Crippen molar-refractivity contribution in [1.82, 2.24) is 4.90 Å². The number of hydrogen-bond acceptors (Lipinski definition) is 4. The molecule has 162 valence electrons. The number of rotatable bonds is 9. The smallest absolute Gasteiger partial charge is 0.165 e. The largest absolute Gasteiger partial charge is 0.389 e. The Kier molecular flexibility index (Phi) is 7.87. The lowest BCUT2D eigenvalue weighted by Gasteiger charge is -2.38. The molecule has 0 aromatic heterocycles. The quantitative estimate of drug-likeness (QED) is 0.551. The SMILES string of the molecule is CCNc1cc(F)ccc1C(=O)CCCN1CCC(O)(Cc2ccc(Cl)cc2)CC1. The Labute approximate surface area is 183 Å². The Hall–Kier alpha value is -1.95. The topological polar surface area (TPSA) is 52.6 Å². The number of ketones is 1. The van der Waals surface area contributed by atoms with Crippen LogP contribution in [0, 0.1) is 5.82 Å². The first kappa shape index (κ1) is 22.7. The highest BCUT2D eigenvalue weighted by atomic mass is 35.5. The van der Waals surface area contributed by atoms with E-state index >= 15 is 0 Å². The van der Waals surface area contributed by atoms with Crippen molar-refractivity contribution in [2.24, 2.45) is 0 Å². The Morgan fingerprint density at radius 3 is 2.57 bits per heavy atom. The predicted molar refractivity (Wildman–Crippen MR) is 120 cm³/mol. The molecule has 6 heteroatoms. The summed E-state index contributed by atoms with van der Waals surface area (Å²) in [6.45, 7) is 5.01. The van der Waals surface area contributed by atoms with E-state index in [0.29, 0.717) is 48.5 Å². The second-order valence-electron chi connectivity index (χ2n) is 8.12. The summed E-state index contributed by atoms with van der Waals surface area (Å²) < 4.78 is 13.5. The van der Waals surface area contributed by atoms with Crippen molar-refractivity contribution in [2.45, 2.75) is 44.6 Å². The van der Waals surface area contributed by atoms with Crippen LogP contribution in [0.4, 0.5) is 10.1 Å². The lowest BCUT2D eigenvalue weighted by Crippen LogP contribution is -2.45. The Morgan fingerprint density at radius 1 is 1.20 bits per heavy atom. The third kappa shape index (κ3) is 6.27.